The van der Waals surface area contributed by atoms with E-state index in [-0.39, 0.29) is 11.8 Å². The molecule has 9 nitrogen and oxygen atoms in total. The molecule has 1 fully saturated rings. The lowest BCUT2D eigenvalue weighted by Gasteiger charge is -2.38. The molecule has 1 atom stereocenters. The van der Waals surface area contributed by atoms with Crippen molar-refractivity contribution >= 4 is 17.6 Å². The summed E-state index contributed by atoms with van der Waals surface area (Å²) in [5.41, 5.74) is 2.58. The molecule has 1 aromatic carbocycles. The van der Waals surface area contributed by atoms with Crippen LogP contribution < -0.4 is 10.1 Å². The van der Waals surface area contributed by atoms with Crippen LogP contribution in [-0.2, 0) is 17.8 Å². The predicted molar refractivity (Wildman–Crippen MR) is 117 cm³/mol. The van der Waals surface area contributed by atoms with Crippen LogP contribution in [0.25, 0.3) is 5.78 Å². The molecule has 1 N–H and O–H groups in total. The van der Waals surface area contributed by atoms with Crippen LogP contribution in [0.5, 0.6) is 5.75 Å². The van der Waals surface area contributed by atoms with Crippen LogP contribution in [0, 0.1) is 0 Å². The Bertz CT molecular complexity index is 1130. The Balaban J connectivity index is 1.23. The average Bonchev–Trinajstić information content (AvgIpc) is 3.26. The van der Waals surface area contributed by atoms with Crippen LogP contribution in [0.4, 0.5) is 0 Å². The van der Waals surface area contributed by atoms with E-state index in [2.05, 4.69) is 21.4 Å². The SMILES string of the molecule is CN1CCN(C(=O)c2cn3cccnc3n2)C[C@@H]1C(=O)NCc1ccc2c(c1)CCCO2. The van der Waals surface area contributed by atoms with Gasteiger partial charge in [0.05, 0.1) is 6.61 Å². The first-order valence-electron chi connectivity index (χ1n) is 10.9. The van der Waals surface area contributed by atoms with E-state index in [0.717, 1.165) is 30.8 Å². The van der Waals surface area contributed by atoms with Crippen LogP contribution in [0.2, 0.25) is 0 Å². The van der Waals surface area contributed by atoms with Crippen LogP contribution in [0.3, 0.4) is 0 Å². The number of aromatic nitrogens is 3. The van der Waals surface area contributed by atoms with Crippen LogP contribution in [0.1, 0.15) is 28.0 Å². The maximum atomic E-state index is 13.0. The molecule has 32 heavy (non-hydrogen) atoms. The summed E-state index contributed by atoms with van der Waals surface area (Å²) in [7, 11) is 1.91. The smallest absolute Gasteiger partial charge is 0.274 e. The van der Waals surface area contributed by atoms with Crippen molar-refractivity contribution in [2.24, 2.45) is 0 Å². The Morgan fingerprint density at radius 2 is 2.19 bits per heavy atom. The van der Waals surface area contributed by atoms with Gasteiger partial charge in [-0.15, -0.1) is 0 Å². The van der Waals surface area contributed by atoms with E-state index < -0.39 is 6.04 Å². The number of carbonyl (C=O) groups excluding carboxylic acids is 2. The topological polar surface area (TPSA) is 92.1 Å². The molecule has 5 rings (SSSR count). The number of amides is 2. The molecule has 2 aliphatic rings. The molecule has 2 amide bonds. The van der Waals surface area contributed by atoms with Gasteiger partial charge in [0.25, 0.3) is 5.91 Å². The van der Waals surface area contributed by atoms with E-state index in [0.29, 0.717) is 37.7 Å². The van der Waals surface area contributed by atoms with Crippen molar-refractivity contribution in [2.75, 3.05) is 33.3 Å². The number of fused-ring (bicyclic) bond motifs is 2. The first-order valence-corrected chi connectivity index (χ1v) is 10.9. The Labute approximate surface area is 186 Å². The van der Waals surface area contributed by atoms with E-state index in [9.17, 15) is 9.59 Å². The monoisotopic (exact) mass is 434 g/mol. The highest BCUT2D eigenvalue weighted by Gasteiger charge is 2.33. The number of hydrogen-bond donors (Lipinski definition) is 1. The van der Waals surface area contributed by atoms with Crippen molar-refractivity contribution in [3.05, 3.63) is 59.7 Å². The van der Waals surface area contributed by atoms with Crippen molar-refractivity contribution in [2.45, 2.75) is 25.4 Å². The number of imidazole rings is 1. The molecule has 2 aromatic heterocycles. The molecular formula is C23H26N6O3. The highest BCUT2D eigenvalue weighted by atomic mass is 16.5. The second-order valence-electron chi connectivity index (χ2n) is 8.31. The van der Waals surface area contributed by atoms with E-state index in [4.69, 9.17) is 4.74 Å². The molecule has 0 radical (unpaired) electrons. The fourth-order valence-electron chi connectivity index (χ4n) is 4.27. The second kappa shape index (κ2) is 8.58. The van der Waals surface area contributed by atoms with Crippen molar-refractivity contribution in [1.29, 1.82) is 0 Å². The number of rotatable bonds is 4. The van der Waals surface area contributed by atoms with Gasteiger partial charge < -0.3 is 15.0 Å². The Morgan fingerprint density at radius 1 is 1.28 bits per heavy atom. The second-order valence-corrected chi connectivity index (χ2v) is 8.31. The number of ether oxygens (including phenoxy) is 1. The minimum Gasteiger partial charge on any atom is -0.493 e. The van der Waals surface area contributed by atoms with Crippen molar-refractivity contribution < 1.29 is 14.3 Å². The minimum absolute atomic E-state index is 0.0874. The van der Waals surface area contributed by atoms with Gasteiger partial charge >= 0.3 is 0 Å². The zero-order valence-electron chi connectivity index (χ0n) is 18.0. The summed E-state index contributed by atoms with van der Waals surface area (Å²) < 4.78 is 7.38. The van der Waals surface area contributed by atoms with Crippen LogP contribution >= 0.6 is 0 Å². The molecule has 0 unspecified atom stereocenters. The number of nitrogens with zero attached hydrogens (tertiary/aromatic N) is 5. The molecule has 0 aliphatic carbocycles. The van der Waals surface area contributed by atoms with Gasteiger partial charge in [0.2, 0.25) is 11.7 Å². The molecule has 4 heterocycles. The fourth-order valence-corrected chi connectivity index (χ4v) is 4.27. The van der Waals surface area contributed by atoms with Gasteiger partial charge in [-0.25, -0.2) is 9.97 Å². The molecule has 0 spiro atoms. The third-order valence-electron chi connectivity index (χ3n) is 6.13. The maximum absolute atomic E-state index is 13.0. The third kappa shape index (κ3) is 4.03. The first kappa shape index (κ1) is 20.4. The molecular weight excluding hydrogens is 408 g/mol. The fraction of sp³-hybridized carbons (Fsp3) is 0.391. The van der Waals surface area contributed by atoms with Gasteiger partial charge in [0.15, 0.2) is 0 Å². The van der Waals surface area contributed by atoms with E-state index in [1.807, 2.05) is 24.1 Å². The Hall–Kier alpha value is -3.46. The number of hydrogen-bond acceptors (Lipinski definition) is 6. The number of carbonyl (C=O) groups is 2. The first-order chi connectivity index (χ1) is 15.6. The maximum Gasteiger partial charge on any atom is 0.274 e. The van der Waals surface area contributed by atoms with E-state index in [1.165, 1.54) is 5.56 Å². The normalized spacial score (nSPS) is 18.8. The summed E-state index contributed by atoms with van der Waals surface area (Å²) in [6.07, 6.45) is 7.14. The summed E-state index contributed by atoms with van der Waals surface area (Å²) in [5, 5.41) is 3.04. The standard InChI is InChI=1S/C23H26N6O3/c1-27-9-10-28(22(31)18-14-29-8-3-7-24-23(29)26-18)15-19(27)21(30)25-13-16-5-6-20-17(12-16)4-2-11-32-20/h3,5-8,12,14,19H,2,4,9-11,13,15H2,1H3,(H,25,30)/t19-/m1/s1. The largest absolute Gasteiger partial charge is 0.493 e. The average molecular weight is 435 g/mol. The quantitative estimate of drug-likeness (QED) is 0.662. The minimum atomic E-state index is -0.413. The van der Waals surface area contributed by atoms with Gasteiger partial charge in [0, 0.05) is 44.8 Å². The van der Waals surface area contributed by atoms with Crippen molar-refractivity contribution in [3.63, 3.8) is 0 Å². The van der Waals surface area contributed by atoms with Crippen molar-refractivity contribution in [3.8, 4) is 5.75 Å². The zero-order chi connectivity index (χ0) is 22.1. The number of piperazine rings is 1. The highest BCUT2D eigenvalue weighted by molar-refractivity contribution is 5.93. The van der Waals surface area contributed by atoms with Gasteiger partial charge in [-0.2, -0.15) is 0 Å². The Kier molecular flexibility index (Phi) is 5.48. The highest BCUT2D eigenvalue weighted by Crippen LogP contribution is 2.25. The number of aryl methyl sites for hydroxylation is 1. The molecule has 0 bridgehead atoms. The molecule has 2 aliphatic heterocycles. The lowest BCUT2D eigenvalue weighted by atomic mass is 10.0. The van der Waals surface area contributed by atoms with E-state index in [1.54, 1.807) is 34.0 Å². The molecule has 9 heteroatoms. The Morgan fingerprint density at radius 3 is 3.06 bits per heavy atom. The molecule has 3 aromatic rings. The lowest BCUT2D eigenvalue weighted by molar-refractivity contribution is -0.127. The van der Waals surface area contributed by atoms with Gasteiger partial charge in [0.1, 0.15) is 17.5 Å². The summed E-state index contributed by atoms with van der Waals surface area (Å²) in [5.74, 6) is 1.15. The van der Waals surface area contributed by atoms with Gasteiger partial charge in [-0.1, -0.05) is 12.1 Å². The summed E-state index contributed by atoms with van der Waals surface area (Å²) in [6, 6.07) is 7.44. The molecule has 166 valence electrons. The number of benzene rings is 1. The lowest BCUT2D eigenvalue weighted by Crippen LogP contribution is -2.58. The summed E-state index contributed by atoms with van der Waals surface area (Å²) >= 11 is 0. The van der Waals surface area contributed by atoms with Gasteiger partial charge in [-0.3, -0.25) is 18.9 Å². The van der Waals surface area contributed by atoms with Gasteiger partial charge in [-0.05, 0) is 43.1 Å². The summed E-state index contributed by atoms with van der Waals surface area (Å²) in [6.45, 7) is 2.69. The third-order valence-corrected chi connectivity index (χ3v) is 6.13. The van der Waals surface area contributed by atoms with E-state index >= 15 is 0 Å². The molecule has 1 saturated heterocycles. The van der Waals surface area contributed by atoms with Crippen molar-refractivity contribution in [1.82, 2.24) is 29.5 Å². The number of nitrogens with one attached hydrogen (secondary N) is 1. The predicted octanol–water partition coefficient (Wildman–Crippen LogP) is 1.13. The zero-order valence-corrected chi connectivity index (χ0v) is 18.0. The number of likely N-dealkylation sites (N-methyl/N-ethyl adjacent to an activating group) is 1. The van der Waals surface area contributed by atoms with Crippen LogP contribution in [-0.4, -0.2) is 75.3 Å². The molecule has 0 saturated carbocycles. The van der Waals surface area contributed by atoms with Crippen LogP contribution in [0.15, 0.2) is 42.9 Å². The summed E-state index contributed by atoms with van der Waals surface area (Å²) in [4.78, 5) is 38.2.